The fraction of sp³-hybridized carbons (Fsp3) is 0.520. The molecule has 10 nitrogen and oxygen atoms in total. The second-order valence-corrected chi connectivity index (χ2v) is 9.30. The molecule has 1 saturated heterocycles. The minimum atomic E-state index is -0.746. The number of anilines is 3. The number of nitrogens with zero attached hydrogens (tertiary/aromatic N) is 3. The van der Waals surface area contributed by atoms with Crippen LogP contribution in [0, 0.1) is 11.8 Å². The van der Waals surface area contributed by atoms with Crippen LogP contribution in [0.3, 0.4) is 0 Å². The molecule has 0 spiro atoms. The number of rotatable bonds is 10. The standard InChI is InChI=1S/C25H35N5O5/c1-5-6-17-7-9-19(10-8-17)29-15-18(13-20(29)31)24(33)28(11-12-35-4)21-22(26)30(14-16(2)3)25(34)27-23(21)32/h7-10,16,18H,5-6,11-15,26H2,1-4H3,(H,27,32,34). The molecule has 0 bridgehead atoms. The molecule has 1 aliphatic rings. The number of aromatic amines is 1. The minimum Gasteiger partial charge on any atom is -0.383 e. The molecule has 0 radical (unpaired) electrons. The highest BCUT2D eigenvalue weighted by atomic mass is 16.5. The number of H-pyrrole nitrogens is 1. The first kappa shape index (κ1) is 26.2. The molecule has 1 fully saturated rings. The van der Waals surface area contributed by atoms with Crippen LogP contribution in [0.2, 0.25) is 0 Å². The number of amides is 2. The number of nitrogens with two attached hydrogens (primary N) is 1. The zero-order valence-corrected chi connectivity index (χ0v) is 20.9. The van der Waals surface area contributed by atoms with Gasteiger partial charge in [-0.05, 0) is 30.0 Å². The lowest BCUT2D eigenvalue weighted by molar-refractivity contribution is -0.124. The van der Waals surface area contributed by atoms with Gasteiger partial charge in [-0.25, -0.2) is 4.79 Å². The van der Waals surface area contributed by atoms with Crippen molar-refractivity contribution >= 4 is 29.0 Å². The average molecular weight is 486 g/mol. The minimum absolute atomic E-state index is 0.0163. The third-order valence-corrected chi connectivity index (χ3v) is 6.08. The summed E-state index contributed by atoms with van der Waals surface area (Å²) in [6.07, 6.45) is 2.00. The van der Waals surface area contributed by atoms with Crippen molar-refractivity contribution < 1.29 is 14.3 Å². The van der Waals surface area contributed by atoms with Gasteiger partial charge in [0.25, 0.3) is 5.56 Å². The number of carbonyl (C=O) groups is 2. The number of aryl methyl sites for hydroxylation is 1. The number of nitrogen functional groups attached to an aromatic ring is 1. The number of hydrogen-bond donors (Lipinski definition) is 2. The van der Waals surface area contributed by atoms with Gasteiger partial charge in [0, 0.05) is 38.9 Å². The zero-order chi connectivity index (χ0) is 25.7. The first-order chi connectivity index (χ1) is 16.7. The molecular formula is C25H35N5O5. The number of methoxy groups -OCH3 is 1. The molecule has 3 N–H and O–H groups in total. The number of hydrogen-bond acceptors (Lipinski definition) is 6. The Labute approximate surface area is 204 Å². The topological polar surface area (TPSA) is 131 Å². The van der Waals surface area contributed by atoms with Gasteiger partial charge < -0.3 is 20.3 Å². The van der Waals surface area contributed by atoms with E-state index < -0.39 is 23.1 Å². The highest BCUT2D eigenvalue weighted by Gasteiger charge is 2.39. The van der Waals surface area contributed by atoms with E-state index in [1.54, 1.807) is 4.90 Å². The van der Waals surface area contributed by atoms with Crippen molar-refractivity contribution in [1.29, 1.82) is 0 Å². The molecule has 1 aromatic carbocycles. The molecule has 35 heavy (non-hydrogen) atoms. The van der Waals surface area contributed by atoms with E-state index in [9.17, 15) is 19.2 Å². The van der Waals surface area contributed by atoms with Gasteiger partial charge in [0.15, 0.2) is 5.69 Å². The van der Waals surface area contributed by atoms with Gasteiger partial charge in [-0.2, -0.15) is 0 Å². The maximum Gasteiger partial charge on any atom is 0.330 e. The summed E-state index contributed by atoms with van der Waals surface area (Å²) >= 11 is 0. The average Bonchev–Trinajstić information content (AvgIpc) is 3.20. The van der Waals surface area contributed by atoms with Crippen LogP contribution in [-0.4, -0.2) is 48.2 Å². The van der Waals surface area contributed by atoms with Crippen LogP contribution in [0.1, 0.15) is 39.2 Å². The molecule has 3 rings (SSSR count). The number of benzene rings is 1. The third kappa shape index (κ3) is 5.82. The summed E-state index contributed by atoms with van der Waals surface area (Å²) in [7, 11) is 1.49. The summed E-state index contributed by atoms with van der Waals surface area (Å²) < 4.78 is 6.42. The first-order valence-corrected chi connectivity index (χ1v) is 12.0. The van der Waals surface area contributed by atoms with Crippen LogP contribution < -0.4 is 26.8 Å². The number of carbonyl (C=O) groups excluding carboxylic acids is 2. The van der Waals surface area contributed by atoms with Crippen molar-refractivity contribution in [2.75, 3.05) is 42.3 Å². The lowest BCUT2D eigenvalue weighted by Crippen LogP contribution is -2.45. The van der Waals surface area contributed by atoms with E-state index >= 15 is 0 Å². The van der Waals surface area contributed by atoms with Crippen molar-refractivity contribution in [1.82, 2.24) is 9.55 Å². The smallest absolute Gasteiger partial charge is 0.330 e. The Bertz CT molecular complexity index is 1170. The molecule has 1 aliphatic heterocycles. The van der Waals surface area contributed by atoms with Crippen LogP contribution in [0.4, 0.5) is 17.2 Å². The molecule has 1 aromatic heterocycles. The highest BCUT2D eigenvalue weighted by Crippen LogP contribution is 2.29. The summed E-state index contributed by atoms with van der Waals surface area (Å²) in [5.41, 5.74) is 6.71. The summed E-state index contributed by atoms with van der Waals surface area (Å²) in [5.74, 6) is -1.23. The van der Waals surface area contributed by atoms with E-state index in [2.05, 4.69) is 11.9 Å². The Hall–Kier alpha value is -3.40. The van der Waals surface area contributed by atoms with Gasteiger partial charge in [-0.15, -0.1) is 0 Å². The van der Waals surface area contributed by atoms with Gasteiger partial charge in [0.1, 0.15) is 5.82 Å². The zero-order valence-electron chi connectivity index (χ0n) is 20.9. The SMILES string of the molecule is CCCc1ccc(N2CC(C(=O)N(CCOC)c3c(N)n(CC(C)C)c(=O)[nH]c3=O)CC2=O)cc1. The van der Waals surface area contributed by atoms with E-state index in [0.717, 1.165) is 18.5 Å². The quantitative estimate of drug-likeness (QED) is 0.527. The van der Waals surface area contributed by atoms with E-state index in [-0.39, 0.29) is 56.0 Å². The predicted molar refractivity (Wildman–Crippen MR) is 136 cm³/mol. The van der Waals surface area contributed by atoms with Crippen molar-refractivity contribution in [2.45, 2.75) is 46.6 Å². The second-order valence-electron chi connectivity index (χ2n) is 9.30. The lowest BCUT2D eigenvalue weighted by Gasteiger charge is -2.27. The Balaban J connectivity index is 1.92. The Kier molecular flexibility index (Phi) is 8.50. The second kappa shape index (κ2) is 11.4. The molecule has 2 aromatic rings. The van der Waals surface area contributed by atoms with Gasteiger partial charge in [0.2, 0.25) is 11.8 Å². The van der Waals surface area contributed by atoms with Gasteiger partial charge in [-0.3, -0.25) is 23.9 Å². The Morgan fingerprint density at radius 1 is 1.23 bits per heavy atom. The van der Waals surface area contributed by atoms with E-state index in [0.29, 0.717) is 0 Å². The van der Waals surface area contributed by atoms with Gasteiger partial charge in [-0.1, -0.05) is 39.3 Å². The van der Waals surface area contributed by atoms with Gasteiger partial charge in [0.05, 0.1) is 12.5 Å². The van der Waals surface area contributed by atoms with Crippen LogP contribution in [0.15, 0.2) is 33.9 Å². The molecule has 2 heterocycles. The highest BCUT2D eigenvalue weighted by molar-refractivity contribution is 6.05. The molecule has 10 heteroatoms. The first-order valence-electron chi connectivity index (χ1n) is 12.0. The summed E-state index contributed by atoms with van der Waals surface area (Å²) in [6, 6.07) is 7.76. The molecule has 0 saturated carbocycles. The number of ether oxygens (including phenoxy) is 1. The molecule has 1 atom stereocenters. The van der Waals surface area contributed by atoms with Crippen LogP contribution in [0.25, 0.3) is 0 Å². The maximum absolute atomic E-state index is 13.6. The van der Waals surface area contributed by atoms with E-state index in [1.807, 2.05) is 38.1 Å². The normalized spacial score (nSPS) is 15.7. The fourth-order valence-electron chi connectivity index (χ4n) is 4.37. The summed E-state index contributed by atoms with van der Waals surface area (Å²) in [4.78, 5) is 56.7. The van der Waals surface area contributed by atoms with Gasteiger partial charge >= 0.3 is 5.69 Å². The lowest BCUT2D eigenvalue weighted by atomic mass is 10.1. The molecule has 1 unspecified atom stereocenters. The molecular weight excluding hydrogens is 450 g/mol. The van der Waals surface area contributed by atoms with Crippen LogP contribution >= 0.6 is 0 Å². The van der Waals surface area contributed by atoms with E-state index in [4.69, 9.17) is 10.5 Å². The monoisotopic (exact) mass is 485 g/mol. The third-order valence-electron chi connectivity index (χ3n) is 6.08. The van der Waals surface area contributed by atoms with Crippen LogP contribution in [0.5, 0.6) is 0 Å². The summed E-state index contributed by atoms with van der Waals surface area (Å²) in [5, 5.41) is 0. The summed E-state index contributed by atoms with van der Waals surface area (Å²) in [6.45, 7) is 6.62. The molecule has 0 aliphatic carbocycles. The Morgan fingerprint density at radius 2 is 1.91 bits per heavy atom. The maximum atomic E-state index is 13.6. The van der Waals surface area contributed by atoms with Crippen molar-refractivity contribution in [3.63, 3.8) is 0 Å². The fourth-order valence-corrected chi connectivity index (χ4v) is 4.37. The predicted octanol–water partition coefficient (Wildman–Crippen LogP) is 1.76. The van der Waals surface area contributed by atoms with Crippen LogP contribution in [-0.2, 0) is 27.3 Å². The largest absolute Gasteiger partial charge is 0.383 e. The van der Waals surface area contributed by atoms with Crippen molar-refractivity contribution in [2.24, 2.45) is 11.8 Å². The molecule has 2 amide bonds. The van der Waals surface area contributed by atoms with E-state index in [1.165, 1.54) is 22.1 Å². The number of nitrogens with one attached hydrogen (secondary N) is 1. The molecule has 190 valence electrons. The Morgan fingerprint density at radius 3 is 2.51 bits per heavy atom. The van der Waals surface area contributed by atoms with Crippen molar-refractivity contribution in [3.05, 3.63) is 50.7 Å². The number of aromatic nitrogens is 2. The van der Waals surface area contributed by atoms with Crippen molar-refractivity contribution in [3.8, 4) is 0 Å².